The lowest BCUT2D eigenvalue weighted by Crippen LogP contribution is -2.34. The monoisotopic (exact) mass is 431 g/mol. The Morgan fingerprint density at radius 1 is 0.821 bits per heavy atom. The zero-order valence-electron chi connectivity index (χ0n) is 17.6. The lowest BCUT2D eigenvalue weighted by molar-refractivity contribution is 0.443. The van der Waals surface area contributed by atoms with Crippen molar-refractivity contribution >= 4 is 25.7 Å². The molecule has 0 atom stereocenters. The summed E-state index contributed by atoms with van der Waals surface area (Å²) in [5, 5.41) is 0. The van der Waals surface area contributed by atoms with Gasteiger partial charge < -0.3 is 4.90 Å². The van der Waals surface area contributed by atoms with Crippen LogP contribution in [0.5, 0.6) is 0 Å². The predicted octanol–water partition coefficient (Wildman–Crippen LogP) is 2.66. The average molecular weight is 432 g/mol. The van der Waals surface area contributed by atoms with Crippen LogP contribution >= 0.6 is 0 Å². The molecule has 0 amide bonds. The fraction of sp³-hybridized carbons (Fsp3) is 0.684. The Hall–Kier alpha value is -1.16. The number of nitrogens with zero attached hydrogens (tertiary/aromatic N) is 3. The van der Waals surface area contributed by atoms with E-state index in [9.17, 15) is 16.8 Å². The number of hydrogen-bond acceptors (Lipinski definition) is 5. The highest BCUT2D eigenvalue weighted by molar-refractivity contribution is 7.90. The van der Waals surface area contributed by atoms with E-state index in [4.69, 9.17) is 0 Å². The number of benzene rings is 1. The van der Waals surface area contributed by atoms with Crippen molar-refractivity contribution in [3.05, 3.63) is 17.7 Å². The molecule has 0 N–H and O–H groups in total. The van der Waals surface area contributed by atoms with Gasteiger partial charge in [-0.1, -0.05) is 27.7 Å². The van der Waals surface area contributed by atoms with E-state index in [1.165, 1.54) is 14.7 Å². The van der Waals surface area contributed by atoms with Gasteiger partial charge in [0.25, 0.3) is 0 Å². The summed E-state index contributed by atoms with van der Waals surface area (Å²) in [4.78, 5) is 2.21. The summed E-state index contributed by atoms with van der Waals surface area (Å²) in [6, 6.07) is 2.98. The zero-order chi connectivity index (χ0) is 21.1. The van der Waals surface area contributed by atoms with E-state index in [-0.39, 0.29) is 9.79 Å². The van der Waals surface area contributed by atoms with E-state index in [0.29, 0.717) is 37.4 Å². The molecule has 0 saturated carbocycles. The third-order valence-electron chi connectivity index (χ3n) is 5.33. The lowest BCUT2D eigenvalue weighted by atomic mass is 10.2. The molecular weight excluding hydrogens is 398 g/mol. The van der Waals surface area contributed by atoms with Crippen LogP contribution in [-0.4, -0.2) is 64.7 Å². The number of sulfonamides is 2. The van der Waals surface area contributed by atoms with Crippen molar-refractivity contribution in [3.63, 3.8) is 0 Å². The zero-order valence-corrected chi connectivity index (χ0v) is 19.2. The molecule has 0 spiro atoms. The molecule has 0 bridgehead atoms. The van der Waals surface area contributed by atoms with Crippen molar-refractivity contribution < 1.29 is 16.8 Å². The summed E-state index contributed by atoms with van der Waals surface area (Å²) in [6.07, 6.45) is 2.01. The largest absolute Gasteiger partial charge is 0.370 e. The summed E-state index contributed by atoms with van der Waals surface area (Å²) in [5.41, 5.74) is 1.32. The van der Waals surface area contributed by atoms with E-state index >= 15 is 0 Å². The molecule has 1 aliphatic rings. The fourth-order valence-corrected chi connectivity index (χ4v) is 7.24. The molecule has 1 aliphatic heterocycles. The number of rotatable bonds is 9. The summed E-state index contributed by atoms with van der Waals surface area (Å²) < 4.78 is 55.7. The molecule has 28 heavy (non-hydrogen) atoms. The van der Waals surface area contributed by atoms with Gasteiger partial charge in [-0.15, -0.1) is 0 Å². The van der Waals surface area contributed by atoms with E-state index in [2.05, 4.69) is 4.90 Å². The fourth-order valence-electron chi connectivity index (χ4n) is 3.82. The summed E-state index contributed by atoms with van der Waals surface area (Å²) in [6.45, 7) is 11.9. The van der Waals surface area contributed by atoms with Crippen molar-refractivity contribution in [2.75, 3.05) is 44.2 Å². The van der Waals surface area contributed by atoms with E-state index < -0.39 is 20.0 Å². The molecule has 0 aliphatic carbocycles. The van der Waals surface area contributed by atoms with Gasteiger partial charge in [-0.2, -0.15) is 8.61 Å². The maximum absolute atomic E-state index is 13.4. The van der Waals surface area contributed by atoms with Gasteiger partial charge in [0, 0.05) is 39.3 Å². The Balaban J connectivity index is 2.77. The highest BCUT2D eigenvalue weighted by Gasteiger charge is 2.32. The molecule has 1 aromatic carbocycles. The van der Waals surface area contributed by atoms with Crippen molar-refractivity contribution in [1.29, 1.82) is 0 Å². The van der Waals surface area contributed by atoms with Crippen LogP contribution in [0.15, 0.2) is 21.9 Å². The van der Waals surface area contributed by atoms with Gasteiger partial charge in [0.1, 0.15) is 4.90 Å². The number of aryl methyl sites for hydroxylation is 1. The lowest BCUT2D eigenvalue weighted by Gasteiger charge is -2.28. The molecular formula is C19H33N3O4S2. The van der Waals surface area contributed by atoms with Crippen LogP contribution in [0.3, 0.4) is 0 Å². The second-order valence-electron chi connectivity index (χ2n) is 6.96. The first-order chi connectivity index (χ1) is 13.1. The van der Waals surface area contributed by atoms with Crippen LogP contribution in [0, 0.1) is 6.92 Å². The molecule has 7 nitrogen and oxygen atoms in total. The van der Waals surface area contributed by atoms with Gasteiger partial charge in [0.05, 0.1) is 10.6 Å². The van der Waals surface area contributed by atoms with Crippen molar-refractivity contribution in [2.24, 2.45) is 0 Å². The van der Waals surface area contributed by atoms with Crippen LogP contribution < -0.4 is 4.90 Å². The van der Waals surface area contributed by atoms with Gasteiger partial charge >= 0.3 is 0 Å². The van der Waals surface area contributed by atoms with E-state index in [1.807, 2.05) is 0 Å². The van der Waals surface area contributed by atoms with Crippen LogP contribution in [-0.2, 0) is 20.0 Å². The Labute approximate surface area is 170 Å². The van der Waals surface area contributed by atoms with E-state index in [0.717, 1.165) is 25.9 Å². The van der Waals surface area contributed by atoms with Crippen molar-refractivity contribution in [2.45, 2.75) is 57.3 Å². The highest BCUT2D eigenvalue weighted by Crippen LogP contribution is 2.36. The van der Waals surface area contributed by atoms with Crippen LogP contribution in [0.2, 0.25) is 0 Å². The van der Waals surface area contributed by atoms with Gasteiger partial charge in [-0.3, -0.25) is 0 Å². The molecule has 160 valence electrons. The van der Waals surface area contributed by atoms with Crippen LogP contribution in [0.25, 0.3) is 0 Å². The first-order valence-electron chi connectivity index (χ1n) is 10.0. The molecule has 1 saturated heterocycles. The average Bonchev–Trinajstić information content (AvgIpc) is 3.16. The molecule has 1 fully saturated rings. The molecule has 1 heterocycles. The Kier molecular flexibility index (Phi) is 7.52. The maximum Gasteiger partial charge on any atom is 0.245 e. The van der Waals surface area contributed by atoms with Gasteiger partial charge in [0.15, 0.2) is 0 Å². The SMILES string of the molecule is CCN(CC)S(=O)(=O)c1cc(C)c(N2CCCC2)c(S(=O)(=O)N(CC)CC)c1. The normalized spacial score (nSPS) is 15.8. The van der Waals surface area contributed by atoms with E-state index in [1.54, 1.807) is 40.7 Å². The standard InChI is InChI=1S/C19H33N3O4S2/c1-6-21(7-2)27(23,24)17-14-16(5)19(20-12-10-11-13-20)18(15-17)28(25,26)22(8-3)9-4/h14-15H,6-13H2,1-5H3. The molecule has 0 aromatic heterocycles. The molecule has 1 aromatic rings. The van der Waals surface area contributed by atoms with Crippen LogP contribution in [0.1, 0.15) is 46.1 Å². The third-order valence-corrected chi connectivity index (χ3v) is 9.42. The highest BCUT2D eigenvalue weighted by atomic mass is 32.2. The smallest absolute Gasteiger partial charge is 0.245 e. The summed E-state index contributed by atoms with van der Waals surface area (Å²) >= 11 is 0. The minimum absolute atomic E-state index is 0.0439. The van der Waals surface area contributed by atoms with Crippen molar-refractivity contribution in [3.8, 4) is 0 Å². The minimum Gasteiger partial charge on any atom is -0.370 e. The summed E-state index contributed by atoms with van der Waals surface area (Å²) in [5.74, 6) is 0. The number of hydrogen-bond donors (Lipinski definition) is 0. The van der Waals surface area contributed by atoms with Gasteiger partial charge in [0.2, 0.25) is 20.0 Å². The first kappa shape index (κ1) is 23.1. The van der Waals surface area contributed by atoms with Crippen LogP contribution in [0.4, 0.5) is 5.69 Å². The Bertz CT molecular complexity index is 884. The molecule has 0 unspecified atom stereocenters. The van der Waals surface area contributed by atoms with Gasteiger partial charge in [-0.25, -0.2) is 16.8 Å². The third kappa shape index (κ3) is 4.22. The summed E-state index contributed by atoms with van der Waals surface area (Å²) in [7, 11) is -7.56. The Morgan fingerprint density at radius 2 is 1.29 bits per heavy atom. The number of anilines is 1. The molecule has 2 rings (SSSR count). The second-order valence-corrected chi connectivity index (χ2v) is 10.8. The van der Waals surface area contributed by atoms with Gasteiger partial charge in [-0.05, 0) is 37.5 Å². The topological polar surface area (TPSA) is 78.0 Å². The minimum atomic E-state index is -3.81. The Morgan fingerprint density at radius 3 is 1.75 bits per heavy atom. The molecule has 0 radical (unpaired) electrons. The second kappa shape index (κ2) is 9.11. The predicted molar refractivity (Wildman–Crippen MR) is 113 cm³/mol. The van der Waals surface area contributed by atoms with Crippen molar-refractivity contribution in [1.82, 2.24) is 8.61 Å². The quantitative estimate of drug-likeness (QED) is 0.601. The molecule has 9 heteroatoms. The first-order valence-corrected chi connectivity index (χ1v) is 12.9. The maximum atomic E-state index is 13.4.